The highest BCUT2D eigenvalue weighted by Crippen LogP contribution is 2.25. The molecule has 1 aliphatic heterocycles. The number of rotatable bonds is 3. The zero-order valence-corrected chi connectivity index (χ0v) is 12.1. The monoisotopic (exact) mass is 326 g/mol. The molecule has 19 heavy (non-hydrogen) atoms. The van der Waals surface area contributed by atoms with Crippen LogP contribution in [0.4, 0.5) is 0 Å². The largest absolute Gasteiger partial charge is 0.387 e. The minimum atomic E-state index is -0.730. The highest BCUT2D eigenvalue weighted by Gasteiger charge is 2.32. The molecule has 0 amide bonds. The van der Waals surface area contributed by atoms with Crippen molar-refractivity contribution >= 4 is 15.9 Å². The summed E-state index contributed by atoms with van der Waals surface area (Å²) < 4.78 is 4.26. The van der Waals surface area contributed by atoms with Crippen LogP contribution in [-0.2, 0) is 13.6 Å². The smallest absolute Gasteiger partial charge is 0.134 e. The van der Waals surface area contributed by atoms with E-state index in [9.17, 15) is 5.11 Å². The second kappa shape index (κ2) is 4.69. The lowest BCUT2D eigenvalue weighted by molar-refractivity contribution is 0.0391. The first kappa shape index (κ1) is 12.8. The van der Waals surface area contributed by atoms with Crippen LogP contribution in [0.1, 0.15) is 6.42 Å². The van der Waals surface area contributed by atoms with Gasteiger partial charge in [-0.15, -0.1) is 5.10 Å². The summed E-state index contributed by atoms with van der Waals surface area (Å²) in [6.45, 7) is 1.87. The Bertz CT molecular complexity index is 586. The van der Waals surface area contributed by atoms with Crippen LogP contribution in [0.2, 0.25) is 0 Å². The molecule has 3 rings (SSSR count). The van der Waals surface area contributed by atoms with E-state index in [1.807, 2.05) is 19.4 Å². The van der Waals surface area contributed by atoms with Crippen molar-refractivity contribution in [2.75, 3.05) is 13.1 Å². The number of aromatic nitrogens is 5. The van der Waals surface area contributed by atoms with Crippen molar-refractivity contribution < 1.29 is 5.11 Å². The fourth-order valence-electron chi connectivity index (χ4n) is 2.28. The summed E-state index contributed by atoms with van der Waals surface area (Å²) in [4.78, 5) is 0. The first-order valence-corrected chi connectivity index (χ1v) is 6.88. The third-order valence-corrected chi connectivity index (χ3v) is 3.82. The molecule has 102 valence electrons. The third kappa shape index (κ3) is 2.56. The van der Waals surface area contributed by atoms with Crippen molar-refractivity contribution in [3.8, 4) is 11.4 Å². The molecule has 1 aliphatic rings. The molecule has 7 nitrogen and oxygen atoms in total. The zero-order chi connectivity index (χ0) is 13.5. The maximum atomic E-state index is 10.3. The van der Waals surface area contributed by atoms with E-state index in [0.29, 0.717) is 18.8 Å². The van der Waals surface area contributed by atoms with Crippen molar-refractivity contribution in [3.05, 3.63) is 16.9 Å². The van der Waals surface area contributed by atoms with Gasteiger partial charge in [0.2, 0.25) is 0 Å². The summed E-state index contributed by atoms with van der Waals surface area (Å²) in [7, 11) is 1.85. The predicted molar refractivity (Wildman–Crippen MR) is 72.4 cm³/mol. The van der Waals surface area contributed by atoms with Crippen LogP contribution >= 0.6 is 15.9 Å². The summed E-state index contributed by atoms with van der Waals surface area (Å²) in [5.74, 6) is 0. The van der Waals surface area contributed by atoms with Gasteiger partial charge in [0.25, 0.3) is 0 Å². The Morgan fingerprint density at radius 1 is 1.53 bits per heavy atom. The van der Waals surface area contributed by atoms with E-state index in [1.165, 1.54) is 0 Å². The number of nitrogens with one attached hydrogen (secondary N) is 1. The molecule has 1 fully saturated rings. The molecule has 0 aliphatic carbocycles. The molecule has 0 spiro atoms. The van der Waals surface area contributed by atoms with E-state index in [-0.39, 0.29) is 0 Å². The van der Waals surface area contributed by atoms with Gasteiger partial charge in [0.05, 0.1) is 22.8 Å². The van der Waals surface area contributed by atoms with Gasteiger partial charge in [-0.05, 0) is 28.9 Å². The summed E-state index contributed by atoms with van der Waals surface area (Å²) in [5.41, 5.74) is 0.721. The molecule has 1 unspecified atom stereocenters. The lowest BCUT2D eigenvalue weighted by atomic mass is 10.0. The van der Waals surface area contributed by atoms with Crippen LogP contribution in [0.25, 0.3) is 11.4 Å². The molecular formula is C11H15BrN6O. The van der Waals surface area contributed by atoms with Crippen LogP contribution in [0, 0.1) is 0 Å². The minimum absolute atomic E-state index is 0.442. The fourth-order valence-corrected chi connectivity index (χ4v) is 2.86. The van der Waals surface area contributed by atoms with Crippen LogP contribution in [0.15, 0.2) is 16.9 Å². The first-order chi connectivity index (χ1) is 9.06. The van der Waals surface area contributed by atoms with Crippen molar-refractivity contribution in [2.24, 2.45) is 7.05 Å². The van der Waals surface area contributed by atoms with Crippen LogP contribution in [0.3, 0.4) is 0 Å². The van der Waals surface area contributed by atoms with Gasteiger partial charge in [0.1, 0.15) is 11.4 Å². The Kier molecular flexibility index (Phi) is 3.15. The Balaban J connectivity index is 1.81. The highest BCUT2D eigenvalue weighted by atomic mass is 79.9. The normalized spacial score (nSPS) is 23.1. The van der Waals surface area contributed by atoms with Crippen LogP contribution in [-0.4, -0.2) is 48.6 Å². The molecule has 0 bridgehead atoms. The molecule has 8 heteroatoms. The van der Waals surface area contributed by atoms with Gasteiger partial charge in [-0.2, -0.15) is 5.10 Å². The zero-order valence-electron chi connectivity index (χ0n) is 10.5. The van der Waals surface area contributed by atoms with Crippen molar-refractivity contribution in [1.82, 2.24) is 30.1 Å². The summed E-state index contributed by atoms with van der Waals surface area (Å²) in [6, 6.07) is 0. The Hall–Kier alpha value is -1.25. The number of aryl methyl sites for hydroxylation is 1. The summed E-state index contributed by atoms with van der Waals surface area (Å²) >= 11 is 3.44. The van der Waals surface area contributed by atoms with E-state index in [0.717, 1.165) is 23.1 Å². The van der Waals surface area contributed by atoms with E-state index < -0.39 is 5.60 Å². The van der Waals surface area contributed by atoms with Crippen molar-refractivity contribution in [1.29, 1.82) is 0 Å². The quantitative estimate of drug-likeness (QED) is 0.840. The number of hydrogen-bond donors (Lipinski definition) is 2. The van der Waals surface area contributed by atoms with Crippen molar-refractivity contribution in [3.63, 3.8) is 0 Å². The van der Waals surface area contributed by atoms with Gasteiger partial charge in [0.15, 0.2) is 0 Å². The van der Waals surface area contributed by atoms with Gasteiger partial charge in [0, 0.05) is 19.8 Å². The number of hydrogen-bond acceptors (Lipinski definition) is 5. The average Bonchev–Trinajstić information content (AvgIpc) is 3.01. The minimum Gasteiger partial charge on any atom is -0.387 e. The molecule has 1 atom stereocenters. The standard InChI is InChI=1S/C11H15BrN6O/c1-17-4-8(12)10(15-17)9-5-18(16-14-9)7-11(19)2-3-13-6-11/h4-5,13,19H,2-3,6-7H2,1H3. The molecule has 0 saturated carbocycles. The lowest BCUT2D eigenvalue weighted by Crippen LogP contribution is -2.36. The molecular weight excluding hydrogens is 312 g/mol. The molecule has 0 aromatic carbocycles. The van der Waals surface area contributed by atoms with Gasteiger partial charge in [-0.3, -0.25) is 4.68 Å². The Labute approximate surface area is 118 Å². The molecule has 2 N–H and O–H groups in total. The second-order valence-electron chi connectivity index (χ2n) is 4.95. The van der Waals surface area contributed by atoms with E-state index >= 15 is 0 Å². The SMILES string of the molecule is Cn1cc(Br)c(-c2cn(CC3(O)CCNC3)nn2)n1. The number of β-amino-alcohol motifs (C(OH)–C–C–N with tert-alkyl or cyclic N) is 1. The highest BCUT2D eigenvalue weighted by molar-refractivity contribution is 9.10. The lowest BCUT2D eigenvalue weighted by Gasteiger charge is -2.20. The molecule has 2 aromatic heterocycles. The van der Waals surface area contributed by atoms with Gasteiger partial charge in [-0.1, -0.05) is 5.21 Å². The van der Waals surface area contributed by atoms with Gasteiger partial charge >= 0.3 is 0 Å². The maximum Gasteiger partial charge on any atom is 0.134 e. The molecule has 2 aromatic rings. The molecule has 1 saturated heterocycles. The van der Waals surface area contributed by atoms with Crippen LogP contribution < -0.4 is 5.32 Å². The maximum absolute atomic E-state index is 10.3. The average molecular weight is 327 g/mol. The fraction of sp³-hybridized carbons (Fsp3) is 0.545. The van der Waals surface area contributed by atoms with E-state index in [2.05, 4.69) is 36.7 Å². The first-order valence-electron chi connectivity index (χ1n) is 6.08. The third-order valence-electron chi connectivity index (χ3n) is 3.24. The Morgan fingerprint density at radius 3 is 3.00 bits per heavy atom. The topological polar surface area (TPSA) is 80.8 Å². The number of halogens is 1. The Morgan fingerprint density at radius 2 is 2.37 bits per heavy atom. The van der Waals surface area contributed by atoms with E-state index in [1.54, 1.807) is 9.36 Å². The van der Waals surface area contributed by atoms with E-state index in [4.69, 9.17) is 0 Å². The number of nitrogens with zero attached hydrogens (tertiary/aromatic N) is 5. The molecule has 3 heterocycles. The predicted octanol–water partition coefficient (Wildman–Crippen LogP) is 0.165. The van der Waals surface area contributed by atoms with Gasteiger partial charge in [-0.25, -0.2) is 4.68 Å². The number of aliphatic hydroxyl groups is 1. The van der Waals surface area contributed by atoms with Gasteiger partial charge < -0.3 is 10.4 Å². The molecule has 0 radical (unpaired) electrons. The summed E-state index contributed by atoms with van der Waals surface area (Å²) in [6.07, 6.45) is 4.40. The van der Waals surface area contributed by atoms with Crippen LogP contribution in [0.5, 0.6) is 0 Å². The summed E-state index contributed by atoms with van der Waals surface area (Å²) in [5, 5.41) is 25.9. The second-order valence-corrected chi connectivity index (χ2v) is 5.81. The van der Waals surface area contributed by atoms with Crippen molar-refractivity contribution in [2.45, 2.75) is 18.6 Å².